The summed E-state index contributed by atoms with van der Waals surface area (Å²) in [4.78, 5) is 39.2. The minimum absolute atomic E-state index is 0.0806. The number of esters is 1. The fourth-order valence-electron chi connectivity index (χ4n) is 4.89. The van der Waals surface area contributed by atoms with Crippen LogP contribution >= 0.6 is 0 Å². The van der Waals surface area contributed by atoms with Gasteiger partial charge in [-0.3, -0.25) is 9.59 Å². The number of hydrogen-bond acceptors (Lipinski definition) is 8. The Kier molecular flexibility index (Phi) is 11.1. The standard InChI is InChI=1S/C35H37FN2O7/c1-22-27(26-12-11-25(36)18-29(26)28(22)19-33(40)37-20-23-9-7-6-8-10-23)15-24-16-31(42-4)34(32(17-24)43-5)45-21-30(39)35(41)44-14-13-38(2)3/h6-12,15-18H,13-14,19-21H2,1-5H3,(H,37,40)/b27-15-. The van der Waals surface area contributed by atoms with Crippen LogP contribution < -0.4 is 19.5 Å². The van der Waals surface area contributed by atoms with Crippen molar-refractivity contribution in [1.29, 1.82) is 0 Å². The van der Waals surface area contributed by atoms with Gasteiger partial charge in [-0.15, -0.1) is 0 Å². The van der Waals surface area contributed by atoms with Crippen molar-refractivity contribution in [2.75, 3.05) is 48.1 Å². The van der Waals surface area contributed by atoms with E-state index in [1.54, 1.807) is 18.2 Å². The van der Waals surface area contributed by atoms with Crippen molar-refractivity contribution < 1.29 is 37.7 Å². The van der Waals surface area contributed by atoms with Gasteiger partial charge in [0.05, 0.1) is 20.6 Å². The van der Waals surface area contributed by atoms with E-state index < -0.39 is 24.2 Å². The second-order valence-electron chi connectivity index (χ2n) is 10.7. The van der Waals surface area contributed by atoms with Crippen molar-refractivity contribution in [3.8, 4) is 17.2 Å². The van der Waals surface area contributed by atoms with Crippen molar-refractivity contribution >= 4 is 34.9 Å². The monoisotopic (exact) mass is 616 g/mol. The Morgan fingerprint density at radius 2 is 1.62 bits per heavy atom. The fourth-order valence-corrected chi connectivity index (χ4v) is 4.89. The second-order valence-corrected chi connectivity index (χ2v) is 10.7. The summed E-state index contributed by atoms with van der Waals surface area (Å²) >= 11 is 0. The molecule has 0 atom stereocenters. The second kappa shape index (κ2) is 15.2. The van der Waals surface area contributed by atoms with Crippen LogP contribution in [0.5, 0.6) is 17.2 Å². The van der Waals surface area contributed by atoms with E-state index in [9.17, 15) is 18.8 Å². The zero-order valence-corrected chi connectivity index (χ0v) is 26.1. The number of amides is 1. The molecule has 1 amide bonds. The summed E-state index contributed by atoms with van der Waals surface area (Å²) in [7, 11) is 6.54. The number of carbonyl (C=O) groups excluding carboxylic acids is 3. The van der Waals surface area contributed by atoms with Gasteiger partial charge in [0.2, 0.25) is 11.7 Å². The molecule has 3 aromatic rings. The number of nitrogens with zero attached hydrogens (tertiary/aromatic N) is 1. The van der Waals surface area contributed by atoms with Crippen LogP contribution in [0.3, 0.4) is 0 Å². The SMILES string of the molecule is COc1cc(/C=C2/C(C)=C(CC(=O)NCc3ccccc3)c3cc(F)ccc32)cc(OC)c1OCC(=O)C(=O)OCCN(C)C. The van der Waals surface area contributed by atoms with Crippen molar-refractivity contribution in [2.24, 2.45) is 0 Å². The molecule has 4 rings (SSSR count). The van der Waals surface area contributed by atoms with Crippen LogP contribution in [-0.2, 0) is 25.7 Å². The number of allylic oxidation sites excluding steroid dienone is 2. The third kappa shape index (κ3) is 8.36. The number of ketones is 1. The molecule has 0 radical (unpaired) electrons. The minimum atomic E-state index is -0.987. The first-order valence-electron chi connectivity index (χ1n) is 14.4. The lowest BCUT2D eigenvalue weighted by Crippen LogP contribution is -2.27. The molecule has 1 aliphatic rings. The molecule has 0 spiro atoms. The van der Waals surface area contributed by atoms with E-state index in [0.29, 0.717) is 24.2 Å². The number of nitrogens with one attached hydrogen (secondary N) is 1. The molecule has 3 aromatic carbocycles. The van der Waals surface area contributed by atoms with Crippen LogP contribution in [0.15, 0.2) is 66.2 Å². The zero-order valence-electron chi connectivity index (χ0n) is 26.1. The van der Waals surface area contributed by atoms with E-state index in [0.717, 1.165) is 27.8 Å². The van der Waals surface area contributed by atoms with Crippen molar-refractivity contribution in [3.63, 3.8) is 0 Å². The van der Waals surface area contributed by atoms with E-state index >= 15 is 0 Å². The highest BCUT2D eigenvalue weighted by molar-refractivity contribution is 6.34. The van der Waals surface area contributed by atoms with Crippen LogP contribution in [0.25, 0.3) is 17.2 Å². The maximum atomic E-state index is 14.4. The van der Waals surface area contributed by atoms with Gasteiger partial charge in [-0.1, -0.05) is 36.4 Å². The molecule has 0 heterocycles. The number of methoxy groups -OCH3 is 2. The van der Waals surface area contributed by atoms with Gasteiger partial charge in [0.15, 0.2) is 18.1 Å². The number of carbonyl (C=O) groups is 3. The van der Waals surface area contributed by atoms with Crippen LogP contribution in [0.1, 0.15) is 35.6 Å². The molecule has 0 unspecified atom stereocenters. The zero-order chi connectivity index (χ0) is 32.5. The average molecular weight is 617 g/mol. The van der Waals surface area contributed by atoms with Crippen molar-refractivity contribution in [2.45, 2.75) is 19.9 Å². The molecule has 10 heteroatoms. The molecule has 1 N–H and O–H groups in total. The maximum Gasteiger partial charge on any atom is 0.378 e. The highest BCUT2D eigenvalue weighted by atomic mass is 19.1. The van der Waals surface area contributed by atoms with Gasteiger partial charge in [-0.2, -0.15) is 0 Å². The third-order valence-electron chi connectivity index (χ3n) is 7.26. The number of fused-ring (bicyclic) bond motifs is 1. The molecule has 0 aromatic heterocycles. The summed E-state index contributed by atoms with van der Waals surface area (Å²) in [5.74, 6) is -1.71. The van der Waals surface area contributed by atoms with E-state index in [-0.39, 0.29) is 36.2 Å². The van der Waals surface area contributed by atoms with E-state index in [1.807, 2.05) is 62.3 Å². The normalized spacial score (nSPS) is 13.1. The average Bonchev–Trinajstić information content (AvgIpc) is 3.27. The molecule has 0 saturated carbocycles. The van der Waals surface area contributed by atoms with Crippen molar-refractivity contribution in [3.05, 3.63) is 94.3 Å². The number of rotatable bonds is 14. The lowest BCUT2D eigenvalue weighted by Gasteiger charge is -2.15. The first-order chi connectivity index (χ1) is 21.6. The van der Waals surface area contributed by atoms with Gasteiger partial charge in [0, 0.05) is 13.1 Å². The molecule has 0 bridgehead atoms. The van der Waals surface area contributed by atoms with Gasteiger partial charge in [-0.05, 0) is 90.3 Å². The summed E-state index contributed by atoms with van der Waals surface area (Å²) in [6.07, 6.45) is 1.97. The first-order valence-corrected chi connectivity index (χ1v) is 14.4. The predicted octanol–water partition coefficient (Wildman–Crippen LogP) is 4.93. The van der Waals surface area contributed by atoms with Gasteiger partial charge in [0.25, 0.3) is 5.78 Å². The fraction of sp³-hybridized carbons (Fsp3) is 0.286. The predicted molar refractivity (Wildman–Crippen MR) is 169 cm³/mol. The topological polar surface area (TPSA) is 103 Å². The summed E-state index contributed by atoms with van der Waals surface area (Å²) in [5.41, 5.74) is 5.47. The Hall–Kier alpha value is -4.96. The molecule has 0 aliphatic heterocycles. The molecular formula is C35H37FN2O7. The lowest BCUT2D eigenvalue weighted by molar-refractivity contribution is -0.154. The third-order valence-corrected chi connectivity index (χ3v) is 7.26. The summed E-state index contributed by atoms with van der Waals surface area (Å²) in [6.45, 7) is 2.29. The summed E-state index contributed by atoms with van der Waals surface area (Å²) in [5, 5.41) is 2.95. The van der Waals surface area contributed by atoms with Crippen LogP contribution in [0, 0.1) is 5.82 Å². The summed E-state index contributed by atoms with van der Waals surface area (Å²) in [6, 6.07) is 17.5. The Morgan fingerprint density at radius 1 is 0.933 bits per heavy atom. The molecule has 1 aliphatic carbocycles. The van der Waals surface area contributed by atoms with Crippen LogP contribution in [0.4, 0.5) is 4.39 Å². The number of hydrogen-bond donors (Lipinski definition) is 1. The largest absolute Gasteiger partial charge is 0.493 e. The Labute approximate surface area is 262 Å². The Morgan fingerprint density at radius 3 is 2.27 bits per heavy atom. The molecule has 236 valence electrons. The van der Waals surface area contributed by atoms with Gasteiger partial charge in [-0.25, -0.2) is 9.18 Å². The highest BCUT2D eigenvalue weighted by Crippen LogP contribution is 2.45. The minimum Gasteiger partial charge on any atom is -0.493 e. The molecule has 45 heavy (non-hydrogen) atoms. The highest BCUT2D eigenvalue weighted by Gasteiger charge is 2.26. The first kappa shape index (κ1) is 32.9. The van der Waals surface area contributed by atoms with Gasteiger partial charge < -0.3 is 29.2 Å². The number of likely N-dealkylation sites (N-methyl/N-ethyl adjacent to an activating group) is 1. The quantitative estimate of drug-likeness (QED) is 0.201. The molecule has 0 fully saturated rings. The van der Waals surface area contributed by atoms with E-state index in [4.69, 9.17) is 18.9 Å². The molecule has 9 nitrogen and oxygen atoms in total. The number of ether oxygens (including phenoxy) is 4. The maximum absolute atomic E-state index is 14.4. The van der Waals surface area contributed by atoms with Crippen molar-refractivity contribution in [1.82, 2.24) is 10.2 Å². The summed E-state index contributed by atoms with van der Waals surface area (Å²) < 4.78 is 36.1. The number of Topliss-reactive ketones (excluding diaryl/α,β-unsaturated/α-hetero) is 1. The Balaban J connectivity index is 1.57. The Bertz CT molecular complexity index is 1610. The van der Waals surface area contributed by atoms with Gasteiger partial charge >= 0.3 is 5.97 Å². The van der Waals surface area contributed by atoms with E-state index in [2.05, 4.69) is 5.32 Å². The van der Waals surface area contributed by atoms with E-state index in [1.165, 1.54) is 26.4 Å². The number of benzene rings is 3. The molecular weight excluding hydrogens is 579 g/mol. The van der Waals surface area contributed by atoms with Gasteiger partial charge in [0.1, 0.15) is 12.4 Å². The number of halogens is 1. The van der Waals surface area contributed by atoms with Crippen LogP contribution in [0.2, 0.25) is 0 Å². The molecule has 0 saturated heterocycles. The smallest absolute Gasteiger partial charge is 0.378 e. The van der Waals surface area contributed by atoms with Crippen LogP contribution in [-0.4, -0.2) is 70.6 Å². The lowest BCUT2D eigenvalue weighted by atomic mass is 10.00.